The summed E-state index contributed by atoms with van der Waals surface area (Å²) in [4.78, 5) is 14.1. The number of hydrogen-bond acceptors (Lipinski definition) is 3. The Balaban J connectivity index is 2.23. The van der Waals surface area contributed by atoms with E-state index in [2.05, 4.69) is 15.9 Å². The van der Waals surface area contributed by atoms with Gasteiger partial charge in [0.1, 0.15) is 5.60 Å². The smallest absolute Gasteiger partial charge is 0.410 e. The predicted molar refractivity (Wildman–Crippen MR) is 83.5 cm³/mol. The first kappa shape index (κ1) is 15.2. The summed E-state index contributed by atoms with van der Waals surface area (Å²) in [7, 11) is 0. The molecule has 1 amide bonds. The van der Waals surface area contributed by atoms with E-state index in [-0.39, 0.29) is 12.1 Å². The third kappa shape index (κ3) is 3.45. The van der Waals surface area contributed by atoms with Gasteiger partial charge in [0.05, 0.1) is 6.04 Å². The molecular weight excluding hydrogens is 320 g/mol. The summed E-state index contributed by atoms with van der Waals surface area (Å²) in [5.74, 6) is 0. The Morgan fingerprint density at radius 2 is 2.15 bits per heavy atom. The fourth-order valence-electron chi connectivity index (χ4n) is 2.46. The van der Waals surface area contributed by atoms with E-state index in [4.69, 9.17) is 10.5 Å². The number of hydrogen-bond donors (Lipinski definition) is 1. The highest BCUT2D eigenvalue weighted by Gasteiger charge is 2.34. The normalized spacial score (nSPS) is 19.2. The van der Waals surface area contributed by atoms with E-state index in [1.165, 1.54) is 0 Å². The van der Waals surface area contributed by atoms with Gasteiger partial charge in [0.15, 0.2) is 0 Å². The molecular formula is C15H21BrN2O2. The monoisotopic (exact) mass is 340 g/mol. The lowest BCUT2D eigenvalue weighted by atomic mass is 10.0. The van der Waals surface area contributed by atoms with E-state index >= 15 is 0 Å². The molecule has 0 unspecified atom stereocenters. The van der Waals surface area contributed by atoms with E-state index in [0.717, 1.165) is 22.9 Å². The fraction of sp³-hybridized carbons (Fsp3) is 0.533. The maximum Gasteiger partial charge on any atom is 0.410 e. The summed E-state index contributed by atoms with van der Waals surface area (Å²) in [5, 5.41) is 0. The third-order valence-corrected chi connectivity index (χ3v) is 3.78. The second kappa shape index (κ2) is 5.64. The molecule has 0 bridgehead atoms. The zero-order valence-electron chi connectivity index (χ0n) is 12.1. The number of anilines is 1. The molecule has 1 aliphatic rings. The lowest BCUT2D eigenvalue weighted by molar-refractivity contribution is 0.0225. The van der Waals surface area contributed by atoms with Gasteiger partial charge in [-0.25, -0.2) is 4.79 Å². The molecule has 1 aromatic rings. The molecule has 1 fully saturated rings. The molecule has 1 atom stereocenters. The van der Waals surface area contributed by atoms with Gasteiger partial charge in [-0.2, -0.15) is 0 Å². The summed E-state index contributed by atoms with van der Waals surface area (Å²) in [6.07, 6.45) is 1.62. The molecule has 0 aromatic heterocycles. The molecule has 0 radical (unpaired) electrons. The zero-order valence-corrected chi connectivity index (χ0v) is 13.7. The number of rotatable bonds is 1. The van der Waals surface area contributed by atoms with Gasteiger partial charge in [-0.1, -0.05) is 15.9 Å². The average molecular weight is 341 g/mol. The number of carbonyl (C=O) groups is 1. The van der Waals surface area contributed by atoms with Crippen LogP contribution in [0.25, 0.3) is 0 Å². The highest BCUT2D eigenvalue weighted by atomic mass is 79.9. The molecule has 1 aliphatic heterocycles. The van der Waals surface area contributed by atoms with Crippen molar-refractivity contribution in [1.82, 2.24) is 4.90 Å². The molecule has 5 heteroatoms. The third-order valence-electron chi connectivity index (χ3n) is 3.29. The summed E-state index contributed by atoms with van der Waals surface area (Å²) in [6, 6.07) is 5.77. The van der Waals surface area contributed by atoms with Crippen LogP contribution in [-0.4, -0.2) is 23.1 Å². The van der Waals surface area contributed by atoms with Gasteiger partial charge in [-0.05, 0) is 57.4 Å². The van der Waals surface area contributed by atoms with Crippen molar-refractivity contribution in [3.63, 3.8) is 0 Å². The van der Waals surface area contributed by atoms with E-state index < -0.39 is 5.60 Å². The van der Waals surface area contributed by atoms with Crippen LogP contribution in [0.1, 0.15) is 45.2 Å². The summed E-state index contributed by atoms with van der Waals surface area (Å²) < 4.78 is 6.45. The molecule has 2 rings (SSSR count). The van der Waals surface area contributed by atoms with Gasteiger partial charge in [0, 0.05) is 16.7 Å². The van der Waals surface area contributed by atoms with Gasteiger partial charge >= 0.3 is 6.09 Å². The van der Waals surface area contributed by atoms with Crippen LogP contribution in [0.15, 0.2) is 22.7 Å². The second-order valence-corrected chi connectivity index (χ2v) is 7.02. The Kier molecular flexibility index (Phi) is 4.28. The topological polar surface area (TPSA) is 55.6 Å². The van der Waals surface area contributed by atoms with Crippen LogP contribution in [0.5, 0.6) is 0 Å². The number of halogens is 1. The largest absolute Gasteiger partial charge is 0.444 e. The molecule has 2 N–H and O–H groups in total. The minimum Gasteiger partial charge on any atom is -0.444 e. The Bertz CT molecular complexity index is 511. The van der Waals surface area contributed by atoms with E-state index in [1.54, 1.807) is 4.90 Å². The molecule has 1 aromatic carbocycles. The molecule has 0 aliphatic carbocycles. The summed E-state index contributed by atoms with van der Waals surface area (Å²) in [6.45, 7) is 6.35. The number of nitrogens with zero attached hydrogens (tertiary/aromatic N) is 1. The van der Waals surface area contributed by atoms with Gasteiger partial charge < -0.3 is 15.4 Å². The van der Waals surface area contributed by atoms with Gasteiger partial charge in [0.2, 0.25) is 0 Å². The lowest BCUT2D eigenvalue weighted by Crippen LogP contribution is -2.36. The van der Waals surface area contributed by atoms with Crippen LogP contribution in [0, 0.1) is 0 Å². The molecule has 1 saturated heterocycles. The van der Waals surface area contributed by atoms with Crippen molar-refractivity contribution in [2.24, 2.45) is 0 Å². The average Bonchev–Trinajstić information content (AvgIpc) is 2.79. The van der Waals surface area contributed by atoms with Crippen molar-refractivity contribution in [1.29, 1.82) is 0 Å². The fourth-order valence-corrected chi connectivity index (χ4v) is 2.84. The minimum atomic E-state index is -0.479. The number of benzene rings is 1. The summed E-state index contributed by atoms with van der Waals surface area (Å²) in [5.41, 5.74) is 7.29. The molecule has 4 nitrogen and oxygen atoms in total. The van der Waals surface area contributed by atoms with Crippen molar-refractivity contribution in [2.75, 3.05) is 12.3 Å². The SMILES string of the molecule is CC(C)(C)OC(=O)N1CCC[C@@H]1c1cc(Br)ccc1N. The maximum atomic E-state index is 12.3. The molecule has 0 saturated carbocycles. The van der Waals surface area contributed by atoms with Gasteiger partial charge in [0.25, 0.3) is 0 Å². The first-order valence-corrected chi connectivity index (χ1v) is 7.62. The van der Waals surface area contributed by atoms with Crippen LogP contribution < -0.4 is 5.73 Å². The number of amides is 1. The van der Waals surface area contributed by atoms with Crippen molar-refractivity contribution in [3.8, 4) is 0 Å². The first-order valence-electron chi connectivity index (χ1n) is 6.82. The van der Waals surface area contributed by atoms with Crippen molar-refractivity contribution >= 4 is 27.7 Å². The van der Waals surface area contributed by atoms with Crippen molar-refractivity contribution in [2.45, 2.75) is 45.3 Å². The number of carbonyl (C=O) groups excluding carboxylic acids is 1. The van der Waals surface area contributed by atoms with Gasteiger partial charge in [-0.3, -0.25) is 0 Å². The van der Waals surface area contributed by atoms with E-state index in [9.17, 15) is 4.79 Å². The Morgan fingerprint density at radius 3 is 2.80 bits per heavy atom. The standard InChI is InChI=1S/C15H21BrN2O2/c1-15(2,3)20-14(19)18-8-4-5-13(18)11-9-10(16)6-7-12(11)17/h6-7,9,13H,4-5,8,17H2,1-3H3/t13-/m1/s1. The maximum absolute atomic E-state index is 12.3. The van der Waals surface area contributed by atoms with Crippen molar-refractivity contribution in [3.05, 3.63) is 28.2 Å². The van der Waals surface area contributed by atoms with Crippen molar-refractivity contribution < 1.29 is 9.53 Å². The number of nitrogens with two attached hydrogens (primary N) is 1. The quantitative estimate of drug-likeness (QED) is 0.783. The highest BCUT2D eigenvalue weighted by Crippen LogP contribution is 2.37. The van der Waals surface area contributed by atoms with Crippen LogP contribution in [0.4, 0.5) is 10.5 Å². The molecule has 110 valence electrons. The predicted octanol–water partition coefficient (Wildman–Crippen LogP) is 4.10. The number of likely N-dealkylation sites (tertiary alicyclic amines) is 1. The van der Waals surface area contributed by atoms with E-state index in [0.29, 0.717) is 12.2 Å². The lowest BCUT2D eigenvalue weighted by Gasteiger charge is -2.29. The molecule has 1 heterocycles. The highest BCUT2D eigenvalue weighted by molar-refractivity contribution is 9.10. The second-order valence-electron chi connectivity index (χ2n) is 6.11. The summed E-state index contributed by atoms with van der Waals surface area (Å²) >= 11 is 3.46. The molecule has 20 heavy (non-hydrogen) atoms. The van der Waals surface area contributed by atoms with Crippen LogP contribution in [-0.2, 0) is 4.74 Å². The molecule has 0 spiro atoms. The van der Waals surface area contributed by atoms with Gasteiger partial charge in [-0.15, -0.1) is 0 Å². The zero-order chi connectivity index (χ0) is 14.9. The first-order chi connectivity index (χ1) is 9.28. The Labute approximate surface area is 128 Å². The van der Waals surface area contributed by atoms with Crippen LogP contribution in [0.2, 0.25) is 0 Å². The van der Waals surface area contributed by atoms with E-state index in [1.807, 2.05) is 39.0 Å². The Hall–Kier alpha value is -1.23. The number of ether oxygens (including phenoxy) is 1. The van der Waals surface area contributed by atoms with Crippen LogP contribution >= 0.6 is 15.9 Å². The number of nitrogen functional groups attached to an aromatic ring is 1. The van der Waals surface area contributed by atoms with Crippen LogP contribution in [0.3, 0.4) is 0 Å². The minimum absolute atomic E-state index is 0.00218. The Morgan fingerprint density at radius 1 is 1.45 bits per heavy atom.